The molecular weight excluding hydrogens is 332 g/mol. The van der Waals surface area contributed by atoms with Crippen molar-refractivity contribution in [3.63, 3.8) is 0 Å². The molecule has 0 N–H and O–H groups in total. The fourth-order valence-electron chi connectivity index (χ4n) is 2.37. The van der Waals surface area contributed by atoms with Gasteiger partial charge >= 0.3 is 0 Å². The van der Waals surface area contributed by atoms with Gasteiger partial charge in [0.25, 0.3) is 0 Å². The third kappa shape index (κ3) is 5.99. The Labute approximate surface area is 154 Å². The van der Waals surface area contributed by atoms with E-state index in [1.807, 2.05) is 38.1 Å². The predicted molar refractivity (Wildman–Crippen MR) is 101 cm³/mol. The summed E-state index contributed by atoms with van der Waals surface area (Å²) in [5.74, 6) is 2.72. The Morgan fingerprint density at radius 3 is 2.08 bits per heavy atom. The first-order valence-corrected chi connectivity index (χ1v) is 8.78. The topological polar surface area (TPSA) is 54.0 Å². The molecule has 0 amide bonds. The van der Waals surface area contributed by atoms with Crippen LogP contribution in [0.4, 0.5) is 0 Å². The van der Waals surface area contributed by atoms with E-state index in [2.05, 4.69) is 0 Å². The monoisotopic (exact) mass is 358 g/mol. The zero-order valence-corrected chi connectivity index (χ0v) is 15.6. The van der Waals surface area contributed by atoms with E-state index in [-0.39, 0.29) is 6.10 Å². The second-order valence-electron chi connectivity index (χ2n) is 6.05. The number of ether oxygens (including phenoxy) is 4. The fraction of sp³-hybridized carbons (Fsp3) is 0.381. The number of benzene rings is 2. The first-order chi connectivity index (χ1) is 12.6. The SMILES string of the molecule is COc1cc(C=O)ccc1OCCCCOc1ccccc1OC(C)C. The van der Waals surface area contributed by atoms with Crippen LogP contribution in [0.25, 0.3) is 0 Å². The van der Waals surface area contributed by atoms with Gasteiger partial charge in [0.2, 0.25) is 0 Å². The molecule has 0 heterocycles. The van der Waals surface area contributed by atoms with Crippen molar-refractivity contribution < 1.29 is 23.7 Å². The van der Waals surface area contributed by atoms with Gasteiger partial charge in [0.05, 0.1) is 26.4 Å². The van der Waals surface area contributed by atoms with E-state index in [0.29, 0.717) is 30.3 Å². The van der Waals surface area contributed by atoms with Crippen LogP contribution in [0, 0.1) is 0 Å². The molecule has 2 aromatic rings. The number of para-hydroxylation sites is 2. The number of rotatable bonds is 11. The summed E-state index contributed by atoms with van der Waals surface area (Å²) in [4.78, 5) is 10.8. The van der Waals surface area contributed by atoms with Crippen LogP contribution >= 0.6 is 0 Å². The van der Waals surface area contributed by atoms with E-state index in [0.717, 1.165) is 30.6 Å². The molecule has 0 unspecified atom stereocenters. The maximum absolute atomic E-state index is 10.8. The van der Waals surface area contributed by atoms with E-state index in [9.17, 15) is 4.79 Å². The van der Waals surface area contributed by atoms with Gasteiger partial charge in [-0.25, -0.2) is 0 Å². The molecule has 26 heavy (non-hydrogen) atoms. The molecule has 0 radical (unpaired) electrons. The molecule has 0 saturated carbocycles. The third-order valence-electron chi connectivity index (χ3n) is 3.59. The highest BCUT2D eigenvalue weighted by atomic mass is 16.5. The van der Waals surface area contributed by atoms with Gasteiger partial charge in [-0.05, 0) is 57.0 Å². The molecule has 140 valence electrons. The Morgan fingerprint density at radius 1 is 0.885 bits per heavy atom. The Bertz CT molecular complexity index is 697. The van der Waals surface area contributed by atoms with Gasteiger partial charge in [0.15, 0.2) is 23.0 Å². The molecule has 0 fully saturated rings. The molecule has 0 aliphatic rings. The van der Waals surface area contributed by atoms with Crippen LogP contribution in [0.1, 0.15) is 37.0 Å². The van der Waals surface area contributed by atoms with Crippen LogP contribution in [0.15, 0.2) is 42.5 Å². The van der Waals surface area contributed by atoms with Gasteiger partial charge in [-0.2, -0.15) is 0 Å². The van der Waals surface area contributed by atoms with Crippen LogP contribution in [-0.2, 0) is 0 Å². The second kappa shape index (κ2) is 10.3. The third-order valence-corrected chi connectivity index (χ3v) is 3.59. The number of unbranched alkanes of at least 4 members (excludes halogenated alkanes) is 1. The van der Waals surface area contributed by atoms with Crippen LogP contribution < -0.4 is 18.9 Å². The summed E-state index contributed by atoms with van der Waals surface area (Å²) in [7, 11) is 1.56. The Kier molecular flexibility index (Phi) is 7.80. The van der Waals surface area contributed by atoms with Crippen molar-refractivity contribution in [1.29, 1.82) is 0 Å². The van der Waals surface area contributed by atoms with E-state index in [1.165, 1.54) is 0 Å². The largest absolute Gasteiger partial charge is 0.493 e. The lowest BCUT2D eigenvalue weighted by Gasteiger charge is -2.15. The van der Waals surface area contributed by atoms with Gasteiger partial charge < -0.3 is 18.9 Å². The maximum Gasteiger partial charge on any atom is 0.161 e. The summed E-state index contributed by atoms with van der Waals surface area (Å²) in [5.41, 5.74) is 0.560. The van der Waals surface area contributed by atoms with Crippen molar-refractivity contribution in [3.05, 3.63) is 48.0 Å². The maximum atomic E-state index is 10.8. The minimum atomic E-state index is 0.105. The zero-order valence-electron chi connectivity index (χ0n) is 15.6. The molecule has 0 spiro atoms. The van der Waals surface area contributed by atoms with Gasteiger partial charge in [-0.1, -0.05) is 12.1 Å². The minimum absolute atomic E-state index is 0.105. The van der Waals surface area contributed by atoms with Crippen molar-refractivity contribution in [2.75, 3.05) is 20.3 Å². The zero-order chi connectivity index (χ0) is 18.8. The van der Waals surface area contributed by atoms with Crippen molar-refractivity contribution in [2.45, 2.75) is 32.8 Å². The van der Waals surface area contributed by atoms with Crippen LogP contribution in [0.2, 0.25) is 0 Å². The molecule has 0 atom stereocenters. The Hall–Kier alpha value is -2.69. The summed E-state index contributed by atoms with van der Waals surface area (Å²) in [5, 5.41) is 0. The lowest BCUT2D eigenvalue weighted by atomic mass is 10.2. The lowest BCUT2D eigenvalue weighted by Crippen LogP contribution is -2.08. The highest BCUT2D eigenvalue weighted by Gasteiger charge is 2.07. The lowest BCUT2D eigenvalue weighted by molar-refractivity contribution is 0.112. The van der Waals surface area contributed by atoms with Gasteiger partial charge in [-0.3, -0.25) is 4.79 Å². The molecule has 2 rings (SSSR count). The molecule has 5 nitrogen and oxygen atoms in total. The van der Waals surface area contributed by atoms with E-state index in [1.54, 1.807) is 25.3 Å². The van der Waals surface area contributed by atoms with Crippen molar-refractivity contribution in [2.24, 2.45) is 0 Å². The molecule has 0 aromatic heterocycles. The summed E-state index contributed by atoms with van der Waals surface area (Å²) >= 11 is 0. The summed E-state index contributed by atoms with van der Waals surface area (Å²) in [6.45, 7) is 5.11. The molecule has 0 aliphatic carbocycles. The minimum Gasteiger partial charge on any atom is -0.493 e. The number of aldehydes is 1. The van der Waals surface area contributed by atoms with Crippen LogP contribution in [-0.4, -0.2) is 32.7 Å². The molecule has 0 aliphatic heterocycles. The fourth-order valence-corrected chi connectivity index (χ4v) is 2.37. The predicted octanol–water partition coefficient (Wildman–Crippen LogP) is 4.53. The standard InChI is InChI=1S/C21H26O5/c1-16(2)26-20-9-5-4-8-18(20)24-12-6-7-13-25-19-11-10-17(15-22)14-21(19)23-3/h4-5,8-11,14-16H,6-7,12-13H2,1-3H3. The number of carbonyl (C=O) groups is 1. The van der Waals surface area contributed by atoms with Gasteiger partial charge in [0, 0.05) is 5.56 Å². The number of carbonyl (C=O) groups excluding carboxylic acids is 1. The van der Waals surface area contributed by atoms with E-state index in [4.69, 9.17) is 18.9 Å². The first-order valence-electron chi connectivity index (χ1n) is 8.78. The number of hydrogen-bond acceptors (Lipinski definition) is 5. The van der Waals surface area contributed by atoms with Gasteiger partial charge in [-0.15, -0.1) is 0 Å². The average molecular weight is 358 g/mol. The molecule has 0 bridgehead atoms. The highest BCUT2D eigenvalue weighted by molar-refractivity contribution is 5.76. The number of methoxy groups -OCH3 is 1. The van der Waals surface area contributed by atoms with E-state index < -0.39 is 0 Å². The molecule has 2 aromatic carbocycles. The highest BCUT2D eigenvalue weighted by Crippen LogP contribution is 2.28. The van der Waals surface area contributed by atoms with Crippen LogP contribution in [0.5, 0.6) is 23.0 Å². The van der Waals surface area contributed by atoms with Crippen LogP contribution in [0.3, 0.4) is 0 Å². The molecule has 5 heteroatoms. The Morgan fingerprint density at radius 2 is 1.50 bits per heavy atom. The Balaban J connectivity index is 1.74. The normalized spacial score (nSPS) is 10.5. The van der Waals surface area contributed by atoms with Crippen molar-refractivity contribution in [3.8, 4) is 23.0 Å². The average Bonchev–Trinajstić information content (AvgIpc) is 2.65. The molecule has 0 saturated heterocycles. The van der Waals surface area contributed by atoms with Gasteiger partial charge in [0.1, 0.15) is 6.29 Å². The first kappa shape index (κ1) is 19.6. The number of hydrogen-bond donors (Lipinski definition) is 0. The summed E-state index contributed by atoms with van der Waals surface area (Å²) in [6, 6.07) is 12.8. The smallest absolute Gasteiger partial charge is 0.161 e. The van der Waals surface area contributed by atoms with Crippen molar-refractivity contribution >= 4 is 6.29 Å². The summed E-state index contributed by atoms with van der Waals surface area (Å²) in [6.07, 6.45) is 2.58. The molecular formula is C21H26O5. The second-order valence-corrected chi connectivity index (χ2v) is 6.05. The van der Waals surface area contributed by atoms with E-state index >= 15 is 0 Å². The van der Waals surface area contributed by atoms with Crippen molar-refractivity contribution in [1.82, 2.24) is 0 Å². The quantitative estimate of drug-likeness (QED) is 0.436. The summed E-state index contributed by atoms with van der Waals surface area (Å²) < 4.78 is 22.5.